The van der Waals surface area contributed by atoms with Crippen molar-refractivity contribution in [3.05, 3.63) is 78.3 Å². The molecule has 3 aromatic heterocycles. The minimum Gasteiger partial charge on any atom is -0.463 e. The van der Waals surface area contributed by atoms with Crippen molar-refractivity contribution >= 4 is 16.8 Å². The number of H-pyrrole nitrogens is 1. The highest BCUT2D eigenvalue weighted by atomic mass is 16.3. The van der Waals surface area contributed by atoms with Gasteiger partial charge in [-0.1, -0.05) is 6.07 Å². The molecule has 0 aliphatic carbocycles. The van der Waals surface area contributed by atoms with Crippen LogP contribution in [0.2, 0.25) is 0 Å². The minimum atomic E-state index is -0.108. The fraction of sp³-hybridized carbons (Fsp3) is 0.0526. The van der Waals surface area contributed by atoms with E-state index in [0.717, 1.165) is 22.2 Å². The maximum Gasteiger partial charge on any atom is 0.251 e. The molecule has 4 aromatic rings. The van der Waals surface area contributed by atoms with Crippen molar-refractivity contribution < 1.29 is 9.21 Å². The molecule has 5 nitrogen and oxygen atoms in total. The summed E-state index contributed by atoms with van der Waals surface area (Å²) in [4.78, 5) is 19.7. The predicted molar refractivity (Wildman–Crippen MR) is 91.4 cm³/mol. The van der Waals surface area contributed by atoms with Crippen molar-refractivity contribution in [2.45, 2.75) is 6.54 Å². The summed E-state index contributed by atoms with van der Waals surface area (Å²) < 4.78 is 5.35. The first-order chi connectivity index (χ1) is 11.8. The number of rotatable bonds is 4. The molecule has 118 valence electrons. The van der Waals surface area contributed by atoms with Gasteiger partial charge in [0, 0.05) is 30.0 Å². The van der Waals surface area contributed by atoms with Crippen LogP contribution in [0.5, 0.6) is 0 Å². The third-order valence-electron chi connectivity index (χ3n) is 3.87. The summed E-state index contributed by atoms with van der Waals surface area (Å²) in [5.41, 5.74) is 3.29. The second-order valence-corrected chi connectivity index (χ2v) is 5.49. The van der Waals surface area contributed by atoms with Gasteiger partial charge in [-0.3, -0.25) is 9.78 Å². The number of benzene rings is 1. The number of hydrogen-bond acceptors (Lipinski definition) is 3. The smallest absolute Gasteiger partial charge is 0.251 e. The zero-order chi connectivity index (χ0) is 16.4. The number of aromatic nitrogens is 2. The van der Waals surface area contributed by atoms with Gasteiger partial charge in [-0.15, -0.1) is 0 Å². The molecule has 0 unspecified atom stereocenters. The van der Waals surface area contributed by atoms with Crippen molar-refractivity contribution in [2.24, 2.45) is 0 Å². The van der Waals surface area contributed by atoms with Gasteiger partial charge in [-0.05, 0) is 53.4 Å². The van der Waals surface area contributed by atoms with Crippen LogP contribution in [0.25, 0.3) is 22.4 Å². The van der Waals surface area contributed by atoms with E-state index in [9.17, 15) is 4.79 Å². The van der Waals surface area contributed by atoms with Gasteiger partial charge in [0.25, 0.3) is 5.91 Å². The number of hydrogen-bond donors (Lipinski definition) is 2. The van der Waals surface area contributed by atoms with Gasteiger partial charge >= 0.3 is 0 Å². The predicted octanol–water partition coefficient (Wildman–Crippen LogP) is 3.75. The second-order valence-electron chi connectivity index (χ2n) is 5.49. The Morgan fingerprint density at radius 3 is 3.00 bits per heavy atom. The molecule has 0 saturated heterocycles. The van der Waals surface area contributed by atoms with E-state index in [1.165, 1.54) is 0 Å². The van der Waals surface area contributed by atoms with Gasteiger partial charge < -0.3 is 14.7 Å². The molecule has 1 amide bonds. The number of carbonyl (C=O) groups is 1. The average Bonchev–Trinajstić information content (AvgIpc) is 3.30. The Morgan fingerprint density at radius 2 is 2.12 bits per heavy atom. The van der Waals surface area contributed by atoms with Crippen molar-refractivity contribution in [1.82, 2.24) is 15.3 Å². The summed E-state index contributed by atoms with van der Waals surface area (Å²) in [6.45, 7) is 0.428. The maximum atomic E-state index is 12.3. The largest absolute Gasteiger partial charge is 0.463 e. The topological polar surface area (TPSA) is 70.9 Å². The molecule has 1 aromatic carbocycles. The zero-order valence-corrected chi connectivity index (χ0v) is 12.8. The molecule has 0 aliphatic rings. The molecular formula is C19H15N3O2. The molecule has 0 aliphatic heterocycles. The van der Waals surface area contributed by atoms with Crippen LogP contribution in [-0.4, -0.2) is 15.9 Å². The summed E-state index contributed by atoms with van der Waals surface area (Å²) in [6.07, 6.45) is 5.19. The normalized spacial score (nSPS) is 10.8. The van der Waals surface area contributed by atoms with E-state index < -0.39 is 0 Å². The highest BCUT2D eigenvalue weighted by molar-refractivity contribution is 5.97. The molecule has 2 N–H and O–H groups in total. The fourth-order valence-corrected chi connectivity index (χ4v) is 2.62. The molecular weight excluding hydrogens is 302 g/mol. The monoisotopic (exact) mass is 317 g/mol. The third-order valence-corrected chi connectivity index (χ3v) is 3.87. The summed E-state index contributed by atoms with van der Waals surface area (Å²) in [5, 5.41) is 4.02. The maximum absolute atomic E-state index is 12.3. The second kappa shape index (κ2) is 6.04. The van der Waals surface area contributed by atoms with Crippen LogP contribution in [0.3, 0.4) is 0 Å². The van der Waals surface area contributed by atoms with E-state index in [-0.39, 0.29) is 5.91 Å². The number of nitrogens with one attached hydrogen (secondary N) is 2. The third kappa shape index (κ3) is 2.79. The number of nitrogens with zero attached hydrogens (tertiary/aromatic N) is 1. The van der Waals surface area contributed by atoms with E-state index in [1.54, 1.807) is 12.5 Å². The van der Waals surface area contributed by atoms with Crippen LogP contribution < -0.4 is 5.32 Å². The Labute approximate surface area is 138 Å². The quantitative estimate of drug-likeness (QED) is 0.602. The molecule has 0 atom stereocenters. The average molecular weight is 317 g/mol. The van der Waals surface area contributed by atoms with Crippen LogP contribution in [-0.2, 0) is 6.54 Å². The lowest BCUT2D eigenvalue weighted by molar-refractivity contribution is 0.0951. The highest BCUT2D eigenvalue weighted by Crippen LogP contribution is 2.18. The lowest BCUT2D eigenvalue weighted by Crippen LogP contribution is -2.22. The molecule has 0 spiro atoms. The molecule has 4 rings (SSSR count). The summed E-state index contributed by atoms with van der Waals surface area (Å²) in [7, 11) is 0. The summed E-state index contributed by atoms with van der Waals surface area (Å²) in [6, 6.07) is 15.1. The highest BCUT2D eigenvalue weighted by Gasteiger charge is 2.08. The molecule has 0 saturated carbocycles. The van der Waals surface area contributed by atoms with Gasteiger partial charge in [0.05, 0.1) is 6.26 Å². The standard InChI is InChI=1S/C19H15N3O2/c23-19(15-4-3-14-6-8-20-16(14)11-15)22-12-13-5-7-21-17(10-13)18-2-1-9-24-18/h1-11,20H,12H2,(H,22,23). The number of furan rings is 1. The molecule has 0 bridgehead atoms. The number of aromatic amines is 1. The minimum absolute atomic E-state index is 0.108. The summed E-state index contributed by atoms with van der Waals surface area (Å²) >= 11 is 0. The summed E-state index contributed by atoms with van der Waals surface area (Å²) in [5.74, 6) is 0.600. The van der Waals surface area contributed by atoms with Gasteiger partial charge in [0.1, 0.15) is 5.69 Å². The lowest BCUT2D eigenvalue weighted by Gasteiger charge is -2.06. The van der Waals surface area contributed by atoms with Crippen LogP contribution in [0.4, 0.5) is 0 Å². The number of pyridine rings is 1. The van der Waals surface area contributed by atoms with Gasteiger partial charge in [-0.25, -0.2) is 0 Å². The zero-order valence-electron chi connectivity index (χ0n) is 12.8. The number of amides is 1. The molecule has 0 fully saturated rings. The fourth-order valence-electron chi connectivity index (χ4n) is 2.62. The molecule has 24 heavy (non-hydrogen) atoms. The number of fused-ring (bicyclic) bond motifs is 1. The Balaban J connectivity index is 1.48. The Morgan fingerprint density at radius 1 is 1.17 bits per heavy atom. The van der Waals surface area contributed by atoms with E-state index >= 15 is 0 Å². The lowest BCUT2D eigenvalue weighted by atomic mass is 10.1. The molecule has 5 heteroatoms. The van der Waals surface area contributed by atoms with E-state index in [4.69, 9.17) is 4.42 Å². The van der Waals surface area contributed by atoms with Gasteiger partial charge in [0.2, 0.25) is 0 Å². The Bertz CT molecular complexity index is 987. The van der Waals surface area contributed by atoms with Crippen LogP contribution >= 0.6 is 0 Å². The SMILES string of the molecule is O=C(NCc1ccnc(-c2ccco2)c1)c1ccc2cc[nH]c2c1. The molecule has 0 radical (unpaired) electrons. The van der Waals surface area contributed by atoms with Gasteiger partial charge in [0.15, 0.2) is 5.76 Å². The van der Waals surface area contributed by atoms with Crippen LogP contribution in [0.1, 0.15) is 15.9 Å². The van der Waals surface area contributed by atoms with Crippen molar-refractivity contribution in [2.75, 3.05) is 0 Å². The van der Waals surface area contributed by atoms with E-state index in [1.807, 2.05) is 54.7 Å². The Kier molecular flexibility index (Phi) is 3.59. The first kappa shape index (κ1) is 14.3. The Hall–Kier alpha value is -3.34. The van der Waals surface area contributed by atoms with Crippen LogP contribution in [0, 0.1) is 0 Å². The van der Waals surface area contributed by atoms with E-state index in [2.05, 4.69) is 15.3 Å². The molecule has 3 heterocycles. The van der Waals surface area contributed by atoms with Crippen molar-refractivity contribution in [3.8, 4) is 11.5 Å². The van der Waals surface area contributed by atoms with E-state index in [0.29, 0.717) is 17.9 Å². The van der Waals surface area contributed by atoms with Crippen LogP contribution in [0.15, 0.2) is 71.6 Å². The van der Waals surface area contributed by atoms with Crippen molar-refractivity contribution in [3.63, 3.8) is 0 Å². The van der Waals surface area contributed by atoms with Crippen molar-refractivity contribution in [1.29, 1.82) is 0 Å². The first-order valence-corrected chi connectivity index (χ1v) is 7.64. The number of carbonyl (C=O) groups excluding carboxylic acids is 1. The van der Waals surface area contributed by atoms with Gasteiger partial charge in [-0.2, -0.15) is 0 Å². The first-order valence-electron chi connectivity index (χ1n) is 7.64.